The zero-order valence-corrected chi connectivity index (χ0v) is 13.1. The lowest BCUT2D eigenvalue weighted by molar-refractivity contribution is 0.187. The Morgan fingerprint density at radius 2 is 2.05 bits per heavy atom. The summed E-state index contributed by atoms with van der Waals surface area (Å²) in [5, 5.41) is 6.14. The molecule has 1 unspecified atom stereocenters. The third kappa shape index (κ3) is 3.14. The Morgan fingerprint density at radius 1 is 1.33 bits per heavy atom. The first-order chi connectivity index (χ1) is 10.2. The van der Waals surface area contributed by atoms with Gasteiger partial charge in [-0.1, -0.05) is 11.6 Å². The summed E-state index contributed by atoms with van der Waals surface area (Å²) in [5.74, 6) is 0. The van der Waals surface area contributed by atoms with Crippen LogP contribution in [0.4, 0.5) is 16.2 Å². The molecule has 110 valence electrons. The lowest BCUT2D eigenvalue weighted by Gasteiger charge is -2.15. The van der Waals surface area contributed by atoms with Gasteiger partial charge in [-0.05, 0) is 48.7 Å². The van der Waals surface area contributed by atoms with E-state index in [2.05, 4.69) is 21.4 Å². The van der Waals surface area contributed by atoms with Gasteiger partial charge in [0.2, 0.25) is 0 Å². The van der Waals surface area contributed by atoms with E-state index in [0.29, 0.717) is 11.7 Å². The summed E-state index contributed by atoms with van der Waals surface area (Å²) in [6, 6.07) is 9.93. The molecule has 0 saturated heterocycles. The first kappa shape index (κ1) is 14.2. The van der Waals surface area contributed by atoms with Gasteiger partial charge < -0.3 is 10.1 Å². The Hall–Kier alpha value is -1.72. The lowest BCUT2D eigenvalue weighted by Crippen LogP contribution is -2.11. The number of hydrogen-bond donors (Lipinski definition) is 2. The monoisotopic (exact) mass is 322 g/mol. The average Bonchev–Trinajstić information content (AvgIpc) is 3.01. The maximum Gasteiger partial charge on any atom is 0.411 e. The van der Waals surface area contributed by atoms with E-state index in [1.54, 1.807) is 11.3 Å². The number of halogens is 1. The summed E-state index contributed by atoms with van der Waals surface area (Å²) >= 11 is 7.74. The van der Waals surface area contributed by atoms with Gasteiger partial charge in [-0.2, -0.15) is 0 Å². The molecule has 0 fully saturated rings. The molecule has 0 bridgehead atoms. The summed E-state index contributed by atoms with van der Waals surface area (Å²) in [4.78, 5) is 12.5. The summed E-state index contributed by atoms with van der Waals surface area (Å²) in [6.45, 7) is 0. The van der Waals surface area contributed by atoms with Gasteiger partial charge in [0, 0.05) is 16.3 Å². The van der Waals surface area contributed by atoms with Gasteiger partial charge in [0.1, 0.15) is 0 Å². The van der Waals surface area contributed by atoms with Crippen molar-refractivity contribution in [1.82, 2.24) is 0 Å². The van der Waals surface area contributed by atoms with Gasteiger partial charge in [-0.25, -0.2) is 4.79 Å². The highest BCUT2D eigenvalue weighted by Gasteiger charge is 2.24. The van der Waals surface area contributed by atoms with Gasteiger partial charge in [-0.15, -0.1) is 11.3 Å². The minimum Gasteiger partial charge on any atom is -0.453 e. The maximum absolute atomic E-state index is 11.1. The van der Waals surface area contributed by atoms with Crippen molar-refractivity contribution in [3.63, 3.8) is 0 Å². The first-order valence-corrected chi connectivity index (χ1v) is 7.85. The predicted molar refractivity (Wildman–Crippen MR) is 86.5 cm³/mol. The quantitative estimate of drug-likeness (QED) is 0.862. The summed E-state index contributed by atoms with van der Waals surface area (Å²) in [6.07, 6.45) is 1.69. The molecule has 1 aliphatic carbocycles. The van der Waals surface area contributed by atoms with Crippen molar-refractivity contribution in [3.8, 4) is 0 Å². The number of carbonyl (C=O) groups is 1. The fourth-order valence-electron chi connectivity index (χ4n) is 2.50. The van der Waals surface area contributed by atoms with Crippen LogP contribution in [0.1, 0.15) is 22.9 Å². The molecule has 2 aromatic rings. The van der Waals surface area contributed by atoms with Crippen molar-refractivity contribution < 1.29 is 9.53 Å². The summed E-state index contributed by atoms with van der Waals surface area (Å²) in [7, 11) is 1.34. The molecule has 0 saturated carbocycles. The number of carbonyl (C=O) groups excluding carboxylic acids is 1. The van der Waals surface area contributed by atoms with E-state index in [-0.39, 0.29) is 0 Å². The van der Waals surface area contributed by atoms with Crippen LogP contribution in [0.2, 0.25) is 4.34 Å². The molecule has 1 heterocycles. The van der Waals surface area contributed by atoms with Gasteiger partial charge in [0.25, 0.3) is 0 Å². The normalized spacial score (nSPS) is 16.4. The van der Waals surface area contributed by atoms with Crippen LogP contribution in [-0.2, 0) is 11.2 Å². The second-order valence-electron chi connectivity index (χ2n) is 4.86. The Kier molecular flexibility index (Phi) is 4.03. The van der Waals surface area contributed by atoms with Crippen LogP contribution in [0.5, 0.6) is 0 Å². The number of benzene rings is 1. The van der Waals surface area contributed by atoms with Crippen molar-refractivity contribution in [1.29, 1.82) is 0 Å². The van der Waals surface area contributed by atoms with Crippen LogP contribution in [0, 0.1) is 0 Å². The summed E-state index contributed by atoms with van der Waals surface area (Å²) < 4.78 is 5.41. The highest BCUT2D eigenvalue weighted by molar-refractivity contribution is 7.16. The molecule has 1 aromatic carbocycles. The number of aryl methyl sites for hydroxylation is 1. The van der Waals surface area contributed by atoms with Gasteiger partial charge in [-0.3, -0.25) is 5.32 Å². The molecule has 0 spiro atoms. The Bertz CT molecular complexity index is 654. The van der Waals surface area contributed by atoms with Crippen LogP contribution in [-0.4, -0.2) is 13.2 Å². The minimum absolute atomic E-state index is 0.308. The van der Waals surface area contributed by atoms with Crippen LogP contribution in [0.25, 0.3) is 0 Å². The van der Waals surface area contributed by atoms with E-state index < -0.39 is 6.09 Å². The zero-order valence-electron chi connectivity index (χ0n) is 11.5. The smallest absolute Gasteiger partial charge is 0.411 e. The number of hydrogen-bond acceptors (Lipinski definition) is 4. The van der Waals surface area contributed by atoms with E-state index >= 15 is 0 Å². The molecule has 0 aliphatic heterocycles. The molecule has 4 nitrogen and oxygen atoms in total. The highest BCUT2D eigenvalue weighted by atomic mass is 35.5. The second kappa shape index (κ2) is 5.95. The number of rotatable bonds is 3. The van der Waals surface area contributed by atoms with Crippen molar-refractivity contribution in [2.45, 2.75) is 18.9 Å². The molecular formula is C15H15ClN2O2S. The third-order valence-electron chi connectivity index (χ3n) is 3.50. The number of ether oxygens (including phenoxy) is 1. The number of thiophene rings is 1. The van der Waals surface area contributed by atoms with Crippen LogP contribution < -0.4 is 10.6 Å². The van der Waals surface area contributed by atoms with E-state index in [9.17, 15) is 4.79 Å². The first-order valence-electron chi connectivity index (χ1n) is 6.65. The minimum atomic E-state index is -0.468. The average molecular weight is 323 g/mol. The molecule has 0 radical (unpaired) electrons. The fraction of sp³-hybridized carbons (Fsp3) is 0.267. The number of anilines is 2. The number of fused-ring (bicyclic) bond motifs is 1. The van der Waals surface area contributed by atoms with E-state index in [1.807, 2.05) is 24.3 Å². The Morgan fingerprint density at radius 3 is 2.76 bits per heavy atom. The van der Waals surface area contributed by atoms with Gasteiger partial charge in [0.15, 0.2) is 0 Å². The van der Waals surface area contributed by atoms with Crippen LogP contribution >= 0.6 is 22.9 Å². The number of nitrogens with one attached hydrogen (secondary N) is 2. The maximum atomic E-state index is 11.1. The van der Waals surface area contributed by atoms with E-state index in [1.165, 1.54) is 17.6 Å². The molecule has 2 N–H and O–H groups in total. The predicted octanol–water partition coefficient (Wildman–Crippen LogP) is 4.68. The molecule has 1 atom stereocenters. The third-order valence-corrected chi connectivity index (χ3v) is 4.84. The van der Waals surface area contributed by atoms with Crippen molar-refractivity contribution in [3.05, 3.63) is 45.1 Å². The SMILES string of the molecule is COC(=O)Nc1ccc(NC2CCc3sc(Cl)cc32)cc1. The standard InChI is InChI=1S/C15H15ClN2O2S/c1-20-15(19)18-10-4-2-9(3-5-10)17-12-6-7-13-11(12)8-14(16)21-13/h2-5,8,12,17H,6-7H2,1H3,(H,18,19). The molecular weight excluding hydrogens is 308 g/mol. The molecule has 1 aromatic heterocycles. The molecule has 1 aliphatic rings. The topological polar surface area (TPSA) is 50.4 Å². The fourth-order valence-corrected chi connectivity index (χ4v) is 3.86. The highest BCUT2D eigenvalue weighted by Crippen LogP contribution is 2.40. The van der Waals surface area contributed by atoms with E-state index in [0.717, 1.165) is 22.9 Å². The molecule has 3 rings (SSSR count). The van der Waals surface area contributed by atoms with Crippen molar-refractivity contribution in [2.75, 3.05) is 17.7 Å². The van der Waals surface area contributed by atoms with Crippen molar-refractivity contribution in [2.24, 2.45) is 0 Å². The number of methoxy groups -OCH3 is 1. The molecule has 1 amide bonds. The van der Waals surface area contributed by atoms with Crippen LogP contribution in [0.3, 0.4) is 0 Å². The van der Waals surface area contributed by atoms with Gasteiger partial charge in [0.05, 0.1) is 17.5 Å². The largest absolute Gasteiger partial charge is 0.453 e. The summed E-state index contributed by atoms with van der Waals surface area (Å²) in [5.41, 5.74) is 3.03. The molecule has 21 heavy (non-hydrogen) atoms. The van der Waals surface area contributed by atoms with E-state index in [4.69, 9.17) is 11.6 Å². The van der Waals surface area contributed by atoms with Crippen LogP contribution in [0.15, 0.2) is 30.3 Å². The molecule has 6 heteroatoms. The Balaban J connectivity index is 1.67. The second-order valence-corrected chi connectivity index (χ2v) is 6.63. The number of amides is 1. The Labute approximate surface area is 132 Å². The van der Waals surface area contributed by atoms with Gasteiger partial charge >= 0.3 is 6.09 Å². The zero-order chi connectivity index (χ0) is 14.8. The lowest BCUT2D eigenvalue weighted by atomic mass is 10.1. The van der Waals surface area contributed by atoms with Crippen molar-refractivity contribution >= 4 is 40.4 Å².